The first kappa shape index (κ1) is 9.45. The van der Waals surface area contributed by atoms with Gasteiger partial charge in [0.2, 0.25) is 0 Å². The van der Waals surface area contributed by atoms with Gasteiger partial charge in [0.1, 0.15) is 0 Å². The van der Waals surface area contributed by atoms with Crippen molar-refractivity contribution in [3.05, 3.63) is 0 Å². The van der Waals surface area contributed by atoms with Gasteiger partial charge in [0.05, 0.1) is 17.9 Å². The molecule has 2 fully saturated rings. The van der Waals surface area contributed by atoms with Crippen molar-refractivity contribution in [2.75, 3.05) is 6.61 Å². The van der Waals surface area contributed by atoms with E-state index < -0.39 is 23.8 Å². The lowest BCUT2D eigenvalue weighted by atomic mass is 9.88. The Morgan fingerprint density at radius 1 is 1.21 bits per heavy atom. The number of hydrogen-bond acceptors (Lipinski definition) is 3. The lowest BCUT2D eigenvalue weighted by molar-refractivity contribution is -0.153. The SMILES string of the molecule is O=C(O)[C@@H]1[C@H]2CCO[C@H]2C[C@@H]1C(=O)O. The third-order valence-corrected chi connectivity index (χ3v) is 3.24. The van der Waals surface area contributed by atoms with E-state index in [4.69, 9.17) is 14.9 Å². The highest BCUT2D eigenvalue weighted by Crippen LogP contribution is 2.44. The molecule has 0 amide bonds. The van der Waals surface area contributed by atoms with Gasteiger partial charge in [-0.25, -0.2) is 0 Å². The van der Waals surface area contributed by atoms with E-state index in [9.17, 15) is 9.59 Å². The minimum Gasteiger partial charge on any atom is -0.481 e. The van der Waals surface area contributed by atoms with Crippen LogP contribution in [0.3, 0.4) is 0 Å². The van der Waals surface area contributed by atoms with Crippen molar-refractivity contribution >= 4 is 11.9 Å². The van der Waals surface area contributed by atoms with Crippen LogP contribution in [0.4, 0.5) is 0 Å². The molecule has 0 aromatic rings. The molecule has 14 heavy (non-hydrogen) atoms. The molecule has 0 spiro atoms. The van der Waals surface area contributed by atoms with Gasteiger partial charge in [-0.3, -0.25) is 9.59 Å². The summed E-state index contributed by atoms with van der Waals surface area (Å²) in [6, 6.07) is 0. The highest BCUT2D eigenvalue weighted by molar-refractivity contribution is 5.81. The van der Waals surface area contributed by atoms with Crippen LogP contribution < -0.4 is 0 Å². The quantitative estimate of drug-likeness (QED) is 0.665. The van der Waals surface area contributed by atoms with E-state index in [1.807, 2.05) is 0 Å². The lowest BCUT2D eigenvalue weighted by Crippen LogP contribution is -2.29. The largest absolute Gasteiger partial charge is 0.481 e. The van der Waals surface area contributed by atoms with Crippen LogP contribution in [0.2, 0.25) is 0 Å². The average molecular weight is 200 g/mol. The van der Waals surface area contributed by atoms with Gasteiger partial charge >= 0.3 is 11.9 Å². The summed E-state index contributed by atoms with van der Waals surface area (Å²) in [5.41, 5.74) is 0. The molecule has 1 aliphatic heterocycles. The summed E-state index contributed by atoms with van der Waals surface area (Å²) in [6.45, 7) is 0.561. The number of aliphatic carboxylic acids is 2. The molecule has 0 bridgehead atoms. The van der Waals surface area contributed by atoms with E-state index >= 15 is 0 Å². The second-order valence-corrected chi connectivity index (χ2v) is 3.91. The average Bonchev–Trinajstić information content (AvgIpc) is 2.58. The van der Waals surface area contributed by atoms with E-state index in [0.29, 0.717) is 19.4 Å². The highest BCUT2D eigenvalue weighted by Gasteiger charge is 2.52. The van der Waals surface area contributed by atoms with Gasteiger partial charge in [-0.1, -0.05) is 0 Å². The van der Waals surface area contributed by atoms with Gasteiger partial charge in [-0.2, -0.15) is 0 Å². The molecule has 78 valence electrons. The number of ether oxygens (including phenoxy) is 1. The molecule has 1 saturated carbocycles. The van der Waals surface area contributed by atoms with E-state index in [2.05, 4.69) is 0 Å². The van der Waals surface area contributed by atoms with Crippen LogP contribution in [0.1, 0.15) is 12.8 Å². The fourth-order valence-electron chi connectivity index (χ4n) is 2.62. The van der Waals surface area contributed by atoms with Gasteiger partial charge in [-0.15, -0.1) is 0 Å². The summed E-state index contributed by atoms with van der Waals surface area (Å²) >= 11 is 0. The molecular weight excluding hydrogens is 188 g/mol. The number of carboxylic acids is 2. The van der Waals surface area contributed by atoms with Crippen LogP contribution in [0.5, 0.6) is 0 Å². The Morgan fingerprint density at radius 3 is 2.50 bits per heavy atom. The Bertz CT molecular complexity index is 274. The van der Waals surface area contributed by atoms with Crippen molar-refractivity contribution in [1.82, 2.24) is 0 Å². The maximum atomic E-state index is 10.9. The van der Waals surface area contributed by atoms with Crippen molar-refractivity contribution < 1.29 is 24.5 Å². The number of rotatable bonds is 2. The number of carbonyl (C=O) groups is 2. The summed E-state index contributed by atoms with van der Waals surface area (Å²) in [6.07, 6.45) is 0.861. The summed E-state index contributed by atoms with van der Waals surface area (Å²) in [5, 5.41) is 17.8. The van der Waals surface area contributed by atoms with Crippen LogP contribution in [0.25, 0.3) is 0 Å². The zero-order valence-corrected chi connectivity index (χ0v) is 7.55. The van der Waals surface area contributed by atoms with Crippen LogP contribution >= 0.6 is 0 Å². The predicted octanol–water partition coefficient (Wildman–Crippen LogP) is 0.197. The summed E-state index contributed by atoms with van der Waals surface area (Å²) < 4.78 is 5.31. The molecule has 2 rings (SSSR count). The lowest BCUT2D eigenvalue weighted by Gasteiger charge is -2.15. The standard InChI is InChI=1S/C9H12O5/c10-8(11)5-3-6-4(1-2-14-6)7(5)9(12)13/h4-7H,1-3H2,(H,10,11)(H,12,13)/t4-,5-,6-,7+/m0/s1. The van der Waals surface area contributed by atoms with Crippen LogP contribution in [-0.4, -0.2) is 34.9 Å². The molecule has 4 atom stereocenters. The molecular formula is C9H12O5. The maximum absolute atomic E-state index is 10.9. The molecule has 0 radical (unpaired) electrons. The Morgan fingerprint density at radius 2 is 1.93 bits per heavy atom. The first-order valence-electron chi connectivity index (χ1n) is 4.68. The summed E-state index contributed by atoms with van der Waals surface area (Å²) in [7, 11) is 0. The Labute approximate surface area is 80.7 Å². The van der Waals surface area contributed by atoms with Gasteiger partial charge in [0.25, 0.3) is 0 Å². The number of carboxylic acid groups (broad SMARTS) is 2. The molecule has 1 heterocycles. The fourth-order valence-corrected chi connectivity index (χ4v) is 2.62. The molecule has 0 unspecified atom stereocenters. The summed E-state index contributed by atoms with van der Waals surface area (Å²) in [5.74, 6) is -3.66. The normalized spacial score (nSPS) is 40.9. The van der Waals surface area contributed by atoms with E-state index in [1.165, 1.54) is 0 Å². The second-order valence-electron chi connectivity index (χ2n) is 3.91. The Hall–Kier alpha value is -1.10. The second kappa shape index (κ2) is 3.24. The smallest absolute Gasteiger partial charge is 0.307 e. The number of hydrogen-bond donors (Lipinski definition) is 2. The molecule has 1 saturated heterocycles. The molecule has 2 N–H and O–H groups in total. The third kappa shape index (κ3) is 1.28. The predicted molar refractivity (Wildman–Crippen MR) is 44.7 cm³/mol. The Balaban J connectivity index is 2.21. The van der Waals surface area contributed by atoms with Crippen LogP contribution in [-0.2, 0) is 14.3 Å². The van der Waals surface area contributed by atoms with Crippen molar-refractivity contribution in [3.8, 4) is 0 Å². The summed E-state index contributed by atoms with van der Waals surface area (Å²) in [4.78, 5) is 21.8. The van der Waals surface area contributed by atoms with Crippen molar-refractivity contribution in [3.63, 3.8) is 0 Å². The monoisotopic (exact) mass is 200 g/mol. The van der Waals surface area contributed by atoms with Gasteiger partial charge in [0, 0.05) is 12.5 Å². The van der Waals surface area contributed by atoms with Crippen LogP contribution in [0.15, 0.2) is 0 Å². The minimum atomic E-state index is -1.02. The molecule has 0 aromatic heterocycles. The zero-order valence-electron chi connectivity index (χ0n) is 7.55. The van der Waals surface area contributed by atoms with Gasteiger partial charge in [0.15, 0.2) is 0 Å². The molecule has 0 aromatic carbocycles. The van der Waals surface area contributed by atoms with Gasteiger partial charge < -0.3 is 14.9 Å². The zero-order chi connectivity index (χ0) is 10.3. The Kier molecular flexibility index (Phi) is 2.19. The van der Waals surface area contributed by atoms with E-state index in [1.54, 1.807) is 0 Å². The van der Waals surface area contributed by atoms with Crippen molar-refractivity contribution in [2.45, 2.75) is 18.9 Å². The highest BCUT2D eigenvalue weighted by atomic mass is 16.5. The molecule has 1 aliphatic carbocycles. The molecule has 5 nitrogen and oxygen atoms in total. The first-order chi connectivity index (χ1) is 6.61. The number of fused-ring (bicyclic) bond motifs is 1. The molecule has 2 aliphatic rings. The minimum absolute atomic E-state index is 0.103. The fraction of sp³-hybridized carbons (Fsp3) is 0.778. The van der Waals surface area contributed by atoms with Crippen molar-refractivity contribution in [2.24, 2.45) is 17.8 Å². The van der Waals surface area contributed by atoms with Crippen molar-refractivity contribution in [1.29, 1.82) is 0 Å². The molecule has 5 heteroatoms. The first-order valence-corrected chi connectivity index (χ1v) is 4.68. The topological polar surface area (TPSA) is 83.8 Å². The van der Waals surface area contributed by atoms with Crippen LogP contribution in [0, 0.1) is 17.8 Å². The maximum Gasteiger partial charge on any atom is 0.307 e. The third-order valence-electron chi connectivity index (χ3n) is 3.24. The van der Waals surface area contributed by atoms with Gasteiger partial charge in [-0.05, 0) is 12.8 Å². The van der Waals surface area contributed by atoms with E-state index in [-0.39, 0.29) is 12.0 Å². The van der Waals surface area contributed by atoms with E-state index in [0.717, 1.165) is 0 Å².